The lowest BCUT2D eigenvalue weighted by Crippen LogP contribution is -2.29. The van der Waals surface area contributed by atoms with E-state index in [1.807, 2.05) is 37.3 Å². The van der Waals surface area contributed by atoms with Gasteiger partial charge < -0.3 is 4.74 Å². The van der Waals surface area contributed by atoms with Crippen LogP contribution in [-0.2, 0) is 16.1 Å². The van der Waals surface area contributed by atoms with E-state index in [-0.39, 0.29) is 12.2 Å². The molecule has 1 aromatic rings. The van der Waals surface area contributed by atoms with E-state index in [2.05, 4.69) is 5.32 Å². The molecule has 1 atom stereocenters. The quantitative estimate of drug-likeness (QED) is 0.584. The van der Waals surface area contributed by atoms with Crippen LogP contribution in [0.2, 0.25) is 0 Å². The third-order valence-corrected chi connectivity index (χ3v) is 1.78. The van der Waals surface area contributed by atoms with Crippen molar-refractivity contribution in [1.82, 2.24) is 5.32 Å². The molecule has 0 amide bonds. The van der Waals surface area contributed by atoms with Crippen LogP contribution in [0.1, 0.15) is 19.4 Å². The molecular weight excluding hydrogens is 178 g/mol. The van der Waals surface area contributed by atoms with Gasteiger partial charge in [0.2, 0.25) is 0 Å². The average molecular weight is 193 g/mol. The van der Waals surface area contributed by atoms with Gasteiger partial charge in [0.05, 0.1) is 0 Å². The lowest BCUT2D eigenvalue weighted by atomic mass is 10.2. The van der Waals surface area contributed by atoms with Crippen molar-refractivity contribution in [2.24, 2.45) is 0 Å². The summed E-state index contributed by atoms with van der Waals surface area (Å²) in [6, 6.07) is 9.97. The summed E-state index contributed by atoms with van der Waals surface area (Å²) in [7, 11) is 0. The van der Waals surface area contributed by atoms with Gasteiger partial charge in [-0.3, -0.25) is 10.1 Å². The highest BCUT2D eigenvalue weighted by Gasteiger charge is 2.03. The van der Waals surface area contributed by atoms with Gasteiger partial charge in [0.15, 0.2) is 6.23 Å². The van der Waals surface area contributed by atoms with Crippen molar-refractivity contribution in [2.45, 2.75) is 26.6 Å². The van der Waals surface area contributed by atoms with Crippen LogP contribution in [0.25, 0.3) is 0 Å². The number of benzene rings is 1. The van der Waals surface area contributed by atoms with Crippen molar-refractivity contribution in [3.05, 3.63) is 35.9 Å². The Labute approximate surface area is 84.1 Å². The zero-order chi connectivity index (χ0) is 10.4. The summed E-state index contributed by atoms with van der Waals surface area (Å²) in [5, 5.41) is 3.09. The van der Waals surface area contributed by atoms with Gasteiger partial charge in [0.1, 0.15) is 0 Å². The number of hydrogen-bond acceptors (Lipinski definition) is 3. The molecule has 0 fully saturated rings. The number of carbonyl (C=O) groups excluding carboxylic acids is 1. The molecule has 14 heavy (non-hydrogen) atoms. The van der Waals surface area contributed by atoms with E-state index < -0.39 is 0 Å². The van der Waals surface area contributed by atoms with Gasteiger partial charge >= 0.3 is 5.97 Å². The summed E-state index contributed by atoms with van der Waals surface area (Å²) in [4.78, 5) is 10.6. The second-order valence-corrected chi connectivity index (χ2v) is 3.12. The molecule has 0 heterocycles. The molecule has 0 bridgehead atoms. The maximum absolute atomic E-state index is 10.6. The zero-order valence-corrected chi connectivity index (χ0v) is 8.49. The number of esters is 1. The van der Waals surface area contributed by atoms with E-state index >= 15 is 0 Å². The standard InChI is InChI=1S/C11H15NO2/c1-9(14-10(2)13)12-8-11-6-4-3-5-7-11/h3-7,9,12H,8H2,1-2H3. The lowest BCUT2D eigenvalue weighted by Gasteiger charge is -2.13. The third-order valence-electron chi connectivity index (χ3n) is 1.78. The van der Waals surface area contributed by atoms with Gasteiger partial charge in [0, 0.05) is 13.5 Å². The summed E-state index contributed by atoms with van der Waals surface area (Å²) >= 11 is 0. The predicted octanol–water partition coefficient (Wildman–Crippen LogP) is 1.69. The van der Waals surface area contributed by atoms with Gasteiger partial charge in [-0.2, -0.15) is 0 Å². The minimum Gasteiger partial charge on any atom is -0.447 e. The number of nitrogens with one attached hydrogen (secondary N) is 1. The Bertz CT molecular complexity index is 285. The van der Waals surface area contributed by atoms with Gasteiger partial charge in [-0.1, -0.05) is 30.3 Å². The molecule has 3 heteroatoms. The number of hydrogen-bond donors (Lipinski definition) is 1. The van der Waals surface area contributed by atoms with Crippen molar-refractivity contribution in [3.8, 4) is 0 Å². The van der Waals surface area contributed by atoms with Crippen molar-refractivity contribution in [2.75, 3.05) is 0 Å². The SMILES string of the molecule is CC(=O)OC(C)NCc1ccccc1. The molecule has 76 valence electrons. The highest BCUT2D eigenvalue weighted by Crippen LogP contribution is 1.98. The largest absolute Gasteiger partial charge is 0.447 e. The maximum Gasteiger partial charge on any atom is 0.304 e. The normalized spacial score (nSPS) is 12.1. The number of rotatable bonds is 4. The molecule has 0 aliphatic heterocycles. The topological polar surface area (TPSA) is 38.3 Å². The fourth-order valence-electron chi connectivity index (χ4n) is 1.15. The van der Waals surface area contributed by atoms with Crippen molar-refractivity contribution < 1.29 is 9.53 Å². The minimum atomic E-state index is -0.266. The molecule has 1 N–H and O–H groups in total. The molecule has 0 spiro atoms. The van der Waals surface area contributed by atoms with Crippen LogP contribution in [0, 0.1) is 0 Å². The van der Waals surface area contributed by atoms with E-state index in [0.29, 0.717) is 6.54 Å². The zero-order valence-electron chi connectivity index (χ0n) is 8.49. The third kappa shape index (κ3) is 4.05. The van der Waals surface area contributed by atoms with Gasteiger partial charge in [-0.25, -0.2) is 0 Å². The van der Waals surface area contributed by atoms with E-state index in [0.717, 1.165) is 0 Å². The Hall–Kier alpha value is -1.35. The Morgan fingerprint density at radius 3 is 2.64 bits per heavy atom. The van der Waals surface area contributed by atoms with Crippen LogP contribution in [0.3, 0.4) is 0 Å². The van der Waals surface area contributed by atoms with E-state index in [4.69, 9.17) is 4.74 Å². The van der Waals surface area contributed by atoms with Crippen LogP contribution in [0.4, 0.5) is 0 Å². The predicted molar refractivity (Wildman–Crippen MR) is 54.5 cm³/mol. The van der Waals surface area contributed by atoms with Crippen LogP contribution in [0.15, 0.2) is 30.3 Å². The Kier molecular flexibility index (Phi) is 4.13. The lowest BCUT2D eigenvalue weighted by molar-refractivity contribution is -0.146. The fourth-order valence-corrected chi connectivity index (χ4v) is 1.15. The highest BCUT2D eigenvalue weighted by atomic mass is 16.6. The molecule has 3 nitrogen and oxygen atoms in total. The molecule has 0 saturated carbocycles. The van der Waals surface area contributed by atoms with Crippen molar-refractivity contribution in [1.29, 1.82) is 0 Å². The van der Waals surface area contributed by atoms with Gasteiger partial charge in [-0.15, -0.1) is 0 Å². The first-order valence-corrected chi connectivity index (χ1v) is 4.63. The second-order valence-electron chi connectivity index (χ2n) is 3.12. The summed E-state index contributed by atoms with van der Waals surface area (Å²) in [6.45, 7) is 3.92. The first-order valence-electron chi connectivity index (χ1n) is 4.63. The summed E-state index contributed by atoms with van der Waals surface area (Å²) < 4.78 is 4.92. The van der Waals surface area contributed by atoms with Crippen LogP contribution in [0.5, 0.6) is 0 Å². The Morgan fingerprint density at radius 2 is 2.07 bits per heavy atom. The first kappa shape index (κ1) is 10.7. The monoisotopic (exact) mass is 193 g/mol. The number of carbonyl (C=O) groups is 1. The van der Waals surface area contributed by atoms with Crippen LogP contribution in [-0.4, -0.2) is 12.2 Å². The molecule has 0 radical (unpaired) electrons. The summed E-state index contributed by atoms with van der Waals surface area (Å²) in [5.41, 5.74) is 1.17. The summed E-state index contributed by atoms with van der Waals surface area (Å²) in [5.74, 6) is -0.266. The molecule has 1 aromatic carbocycles. The molecule has 0 aromatic heterocycles. The van der Waals surface area contributed by atoms with Crippen molar-refractivity contribution >= 4 is 5.97 Å². The van der Waals surface area contributed by atoms with Crippen LogP contribution < -0.4 is 5.32 Å². The number of ether oxygens (including phenoxy) is 1. The van der Waals surface area contributed by atoms with Gasteiger partial charge in [-0.05, 0) is 12.5 Å². The van der Waals surface area contributed by atoms with Crippen LogP contribution >= 0.6 is 0 Å². The Balaban J connectivity index is 2.30. The minimum absolute atomic E-state index is 0.243. The van der Waals surface area contributed by atoms with E-state index in [9.17, 15) is 4.79 Å². The molecule has 1 unspecified atom stereocenters. The Morgan fingerprint density at radius 1 is 1.43 bits per heavy atom. The summed E-state index contributed by atoms with van der Waals surface area (Å²) in [6.07, 6.45) is -0.243. The molecule has 0 aliphatic carbocycles. The molecular formula is C11H15NO2. The highest BCUT2D eigenvalue weighted by molar-refractivity contribution is 5.66. The molecule has 1 rings (SSSR count). The fraction of sp³-hybridized carbons (Fsp3) is 0.364. The van der Waals surface area contributed by atoms with E-state index in [1.54, 1.807) is 0 Å². The smallest absolute Gasteiger partial charge is 0.304 e. The maximum atomic E-state index is 10.6. The van der Waals surface area contributed by atoms with E-state index in [1.165, 1.54) is 12.5 Å². The van der Waals surface area contributed by atoms with Gasteiger partial charge in [0.25, 0.3) is 0 Å². The van der Waals surface area contributed by atoms with Crippen molar-refractivity contribution in [3.63, 3.8) is 0 Å². The average Bonchev–Trinajstić information content (AvgIpc) is 2.15. The second kappa shape index (κ2) is 5.40. The molecule has 0 aliphatic rings. The molecule has 0 saturated heterocycles. The first-order chi connectivity index (χ1) is 6.68.